The van der Waals surface area contributed by atoms with Gasteiger partial charge in [-0.2, -0.15) is 0 Å². The number of carbonyl (C=O) groups excluding carboxylic acids is 2. The van der Waals surface area contributed by atoms with Crippen LogP contribution in [-0.4, -0.2) is 27.2 Å². The number of rotatable bonds is 4. The fourth-order valence-electron chi connectivity index (χ4n) is 0.992. The van der Waals surface area contributed by atoms with Crippen LogP contribution in [0.1, 0.15) is 16.8 Å². The number of aromatic nitrogens is 1. The summed E-state index contributed by atoms with van der Waals surface area (Å²) in [6.07, 6.45) is 2.61. The van der Waals surface area contributed by atoms with E-state index >= 15 is 0 Å². The minimum Gasteiger partial charge on any atom is -0.475 e. The predicted molar refractivity (Wildman–Crippen MR) is 47.0 cm³/mol. The molecule has 14 heavy (non-hydrogen) atoms. The highest BCUT2D eigenvalue weighted by Gasteiger charge is 2.17. The number of aliphatic carboxylic acids is 1. The number of carboxylic acids is 1. The van der Waals surface area contributed by atoms with Gasteiger partial charge in [0.05, 0.1) is 6.42 Å². The zero-order chi connectivity index (χ0) is 10.7. The van der Waals surface area contributed by atoms with E-state index in [-0.39, 0.29) is 0 Å². The second-order valence-corrected chi connectivity index (χ2v) is 2.89. The second-order valence-electron chi connectivity index (χ2n) is 2.89. The Balaban J connectivity index is 2.68. The van der Waals surface area contributed by atoms with Crippen LogP contribution < -0.4 is 0 Å². The van der Waals surface area contributed by atoms with Gasteiger partial charge in [-0.3, -0.25) is 9.59 Å². The third kappa shape index (κ3) is 2.29. The molecule has 1 aromatic rings. The summed E-state index contributed by atoms with van der Waals surface area (Å²) < 4.78 is 1.65. The number of carbonyl (C=O) groups is 3. The molecule has 0 aliphatic rings. The van der Waals surface area contributed by atoms with Crippen molar-refractivity contribution in [1.82, 2.24) is 4.57 Å². The van der Waals surface area contributed by atoms with Crippen molar-refractivity contribution in [2.24, 2.45) is 7.05 Å². The van der Waals surface area contributed by atoms with E-state index in [4.69, 9.17) is 5.11 Å². The van der Waals surface area contributed by atoms with E-state index in [1.165, 1.54) is 12.3 Å². The van der Waals surface area contributed by atoms with Gasteiger partial charge in [-0.1, -0.05) is 0 Å². The number of hydrogen-bond donors (Lipinski definition) is 1. The Morgan fingerprint density at radius 3 is 2.50 bits per heavy atom. The van der Waals surface area contributed by atoms with Crippen LogP contribution >= 0.6 is 0 Å². The highest BCUT2D eigenvalue weighted by Crippen LogP contribution is 2.04. The van der Waals surface area contributed by atoms with Crippen LogP contribution in [0.15, 0.2) is 18.5 Å². The molecular weight excluding hydrogens is 186 g/mol. The first-order valence-corrected chi connectivity index (χ1v) is 3.92. The van der Waals surface area contributed by atoms with Crippen LogP contribution in [0.4, 0.5) is 0 Å². The first kappa shape index (κ1) is 10.2. The van der Waals surface area contributed by atoms with Crippen molar-refractivity contribution in [1.29, 1.82) is 0 Å². The van der Waals surface area contributed by atoms with Gasteiger partial charge in [0.2, 0.25) is 5.78 Å². The molecule has 1 rings (SSSR count). The maximum absolute atomic E-state index is 11.3. The molecule has 0 radical (unpaired) electrons. The van der Waals surface area contributed by atoms with Crippen molar-refractivity contribution in [2.45, 2.75) is 6.42 Å². The highest BCUT2D eigenvalue weighted by molar-refractivity contribution is 6.37. The molecule has 0 fully saturated rings. The maximum Gasteiger partial charge on any atom is 0.372 e. The summed E-state index contributed by atoms with van der Waals surface area (Å²) in [4.78, 5) is 32.1. The lowest BCUT2D eigenvalue weighted by Crippen LogP contribution is -2.16. The summed E-state index contributed by atoms with van der Waals surface area (Å²) in [7, 11) is 1.73. The smallest absolute Gasteiger partial charge is 0.372 e. The quantitative estimate of drug-likeness (QED) is 0.424. The number of ketones is 2. The number of aryl methyl sites for hydroxylation is 1. The predicted octanol–water partition coefficient (Wildman–Crippen LogP) is 0.252. The van der Waals surface area contributed by atoms with E-state index in [0.717, 1.165) is 0 Å². The van der Waals surface area contributed by atoms with Crippen LogP contribution in [0.2, 0.25) is 0 Å². The summed E-state index contributed by atoms with van der Waals surface area (Å²) in [6, 6.07) is 1.54. The molecule has 0 spiro atoms. The Hall–Kier alpha value is -1.91. The van der Waals surface area contributed by atoms with Gasteiger partial charge < -0.3 is 9.67 Å². The van der Waals surface area contributed by atoms with Gasteiger partial charge >= 0.3 is 5.97 Å². The minimum atomic E-state index is -1.57. The van der Waals surface area contributed by atoms with Gasteiger partial charge in [0.1, 0.15) is 0 Å². The summed E-state index contributed by atoms with van der Waals surface area (Å²) in [5.74, 6) is -3.13. The van der Waals surface area contributed by atoms with Gasteiger partial charge in [0.25, 0.3) is 0 Å². The Morgan fingerprint density at radius 2 is 2.07 bits per heavy atom. The number of hydrogen-bond acceptors (Lipinski definition) is 3. The van der Waals surface area contributed by atoms with Gasteiger partial charge in [0.15, 0.2) is 5.78 Å². The largest absolute Gasteiger partial charge is 0.475 e. The minimum absolute atomic E-state index is 0.349. The van der Waals surface area contributed by atoms with Crippen LogP contribution in [0.3, 0.4) is 0 Å². The first-order valence-electron chi connectivity index (χ1n) is 3.92. The van der Waals surface area contributed by atoms with E-state index in [9.17, 15) is 14.4 Å². The van der Waals surface area contributed by atoms with Crippen LogP contribution in [0.5, 0.6) is 0 Å². The average Bonchev–Trinajstić information content (AvgIpc) is 2.51. The Kier molecular flexibility index (Phi) is 2.81. The van der Waals surface area contributed by atoms with Crippen LogP contribution in [-0.2, 0) is 16.6 Å². The van der Waals surface area contributed by atoms with Crippen LogP contribution in [0.25, 0.3) is 0 Å². The van der Waals surface area contributed by atoms with E-state index in [0.29, 0.717) is 5.56 Å². The van der Waals surface area contributed by atoms with Crippen molar-refractivity contribution in [3.8, 4) is 0 Å². The van der Waals surface area contributed by atoms with Crippen molar-refractivity contribution in [3.05, 3.63) is 24.0 Å². The lowest BCUT2D eigenvalue weighted by atomic mass is 10.1. The van der Waals surface area contributed by atoms with E-state index in [2.05, 4.69) is 0 Å². The summed E-state index contributed by atoms with van der Waals surface area (Å²) in [5.41, 5.74) is 0.349. The fourth-order valence-corrected chi connectivity index (χ4v) is 0.992. The number of Topliss-reactive ketones (excluding diaryl/α,β-unsaturated/α-hetero) is 2. The van der Waals surface area contributed by atoms with Crippen molar-refractivity contribution in [3.63, 3.8) is 0 Å². The molecule has 74 valence electrons. The molecular formula is C9H9NO4. The topological polar surface area (TPSA) is 76.4 Å². The molecule has 1 N–H and O–H groups in total. The molecule has 0 bridgehead atoms. The molecule has 0 unspecified atom stereocenters. The maximum atomic E-state index is 11.3. The third-order valence-corrected chi connectivity index (χ3v) is 1.71. The Morgan fingerprint density at radius 1 is 1.43 bits per heavy atom. The van der Waals surface area contributed by atoms with Gasteiger partial charge in [-0.25, -0.2) is 4.79 Å². The normalized spacial score (nSPS) is 9.79. The summed E-state index contributed by atoms with van der Waals surface area (Å²) in [5, 5.41) is 8.28. The lowest BCUT2D eigenvalue weighted by molar-refractivity contribution is -0.148. The summed E-state index contributed by atoms with van der Waals surface area (Å²) >= 11 is 0. The first-order chi connectivity index (χ1) is 6.50. The molecule has 5 nitrogen and oxygen atoms in total. The van der Waals surface area contributed by atoms with Crippen molar-refractivity contribution < 1.29 is 19.5 Å². The number of carboxylic acid groups (broad SMARTS) is 1. The van der Waals surface area contributed by atoms with E-state index < -0.39 is 24.0 Å². The zero-order valence-electron chi connectivity index (χ0n) is 7.56. The molecule has 0 saturated heterocycles. The SMILES string of the molecule is Cn1ccc(C(=O)CC(=O)C(=O)O)c1. The monoisotopic (exact) mass is 195 g/mol. The molecule has 5 heteroatoms. The Bertz CT molecular complexity index is 391. The number of nitrogens with zero attached hydrogens (tertiary/aromatic N) is 1. The Labute approximate surface area is 80.0 Å². The van der Waals surface area contributed by atoms with Gasteiger partial charge in [0, 0.05) is 25.0 Å². The standard InChI is InChI=1S/C9H9NO4/c1-10-3-2-6(5-10)7(11)4-8(12)9(13)14/h2-3,5H,4H2,1H3,(H,13,14). The average molecular weight is 195 g/mol. The molecule has 0 aliphatic heterocycles. The van der Waals surface area contributed by atoms with Gasteiger partial charge in [-0.15, -0.1) is 0 Å². The lowest BCUT2D eigenvalue weighted by Gasteiger charge is -1.93. The van der Waals surface area contributed by atoms with Gasteiger partial charge in [-0.05, 0) is 6.07 Å². The van der Waals surface area contributed by atoms with Crippen LogP contribution in [0, 0.1) is 0 Å². The second kappa shape index (κ2) is 3.87. The zero-order valence-corrected chi connectivity index (χ0v) is 7.56. The fraction of sp³-hybridized carbons (Fsp3) is 0.222. The van der Waals surface area contributed by atoms with Crippen molar-refractivity contribution in [2.75, 3.05) is 0 Å². The molecule has 0 aliphatic carbocycles. The molecule has 0 saturated carbocycles. The molecule has 0 amide bonds. The molecule has 0 atom stereocenters. The molecule has 1 aromatic heterocycles. The third-order valence-electron chi connectivity index (χ3n) is 1.71. The molecule has 1 heterocycles. The molecule has 0 aromatic carbocycles. The summed E-state index contributed by atoms with van der Waals surface area (Å²) in [6.45, 7) is 0. The van der Waals surface area contributed by atoms with E-state index in [1.807, 2.05) is 0 Å². The highest BCUT2D eigenvalue weighted by atomic mass is 16.4. The van der Waals surface area contributed by atoms with Crippen molar-refractivity contribution >= 4 is 17.5 Å². The van der Waals surface area contributed by atoms with E-state index in [1.54, 1.807) is 17.8 Å².